The van der Waals surface area contributed by atoms with Crippen molar-refractivity contribution in [1.82, 2.24) is 0 Å². The van der Waals surface area contributed by atoms with Gasteiger partial charge in [0.1, 0.15) is 5.75 Å². The van der Waals surface area contributed by atoms with Crippen molar-refractivity contribution in [1.29, 1.82) is 0 Å². The minimum atomic E-state index is -4.48. The first kappa shape index (κ1) is 14.8. The van der Waals surface area contributed by atoms with Crippen LogP contribution in [0.15, 0.2) is 65.4 Å². The van der Waals surface area contributed by atoms with Crippen LogP contribution in [0.25, 0.3) is 22.3 Å². The van der Waals surface area contributed by atoms with E-state index in [4.69, 9.17) is 4.55 Å². The van der Waals surface area contributed by atoms with Crippen molar-refractivity contribution in [3.63, 3.8) is 0 Å². The molecule has 0 unspecified atom stereocenters. The Labute approximate surface area is 132 Å². The van der Waals surface area contributed by atoms with Crippen molar-refractivity contribution in [2.24, 2.45) is 0 Å². The van der Waals surface area contributed by atoms with Gasteiger partial charge in [-0.15, -0.1) is 0 Å². The zero-order chi connectivity index (χ0) is 15.6. The summed E-state index contributed by atoms with van der Waals surface area (Å²) < 4.78 is 34.3. The Morgan fingerprint density at radius 3 is 1.73 bits per heavy atom. The van der Waals surface area contributed by atoms with E-state index in [1.165, 1.54) is 17.7 Å². The average molecular weight is 332 g/mol. The Kier molecular flexibility index (Phi) is 3.98. The van der Waals surface area contributed by atoms with Gasteiger partial charge in [-0.2, -0.15) is 19.8 Å². The van der Waals surface area contributed by atoms with E-state index in [1.54, 1.807) is 23.5 Å². The number of rotatable bonds is 4. The van der Waals surface area contributed by atoms with Crippen LogP contribution in [0.3, 0.4) is 0 Å². The van der Waals surface area contributed by atoms with E-state index in [9.17, 15) is 8.42 Å². The van der Waals surface area contributed by atoms with Crippen molar-refractivity contribution in [2.45, 2.75) is 0 Å². The lowest BCUT2D eigenvalue weighted by Gasteiger charge is -2.05. The standard InChI is InChI=1S/C16H12O4S2/c17-22(18,19)20-16-7-5-13(6-8-16)12-1-3-14(4-2-12)15-9-10-21-11-15/h1-11H,(H,17,18,19). The van der Waals surface area contributed by atoms with Crippen LogP contribution in [0.5, 0.6) is 5.75 Å². The molecule has 4 nitrogen and oxygen atoms in total. The van der Waals surface area contributed by atoms with E-state index in [2.05, 4.69) is 15.6 Å². The fourth-order valence-corrected chi connectivity index (χ4v) is 3.13. The van der Waals surface area contributed by atoms with Crippen LogP contribution >= 0.6 is 11.3 Å². The average Bonchev–Trinajstić information content (AvgIpc) is 3.01. The predicted octanol–water partition coefficient (Wildman–Crippen LogP) is 4.26. The molecule has 0 atom stereocenters. The van der Waals surface area contributed by atoms with E-state index in [1.807, 2.05) is 29.6 Å². The molecule has 0 saturated carbocycles. The molecule has 0 aliphatic carbocycles. The fourth-order valence-electron chi connectivity index (χ4n) is 2.11. The lowest BCUT2D eigenvalue weighted by molar-refractivity contribution is 0.387. The molecule has 2 aromatic carbocycles. The summed E-state index contributed by atoms with van der Waals surface area (Å²) in [5, 5.41) is 4.13. The Morgan fingerprint density at radius 2 is 1.27 bits per heavy atom. The van der Waals surface area contributed by atoms with Crippen LogP contribution in [0.2, 0.25) is 0 Å². The monoisotopic (exact) mass is 332 g/mol. The molecule has 22 heavy (non-hydrogen) atoms. The third kappa shape index (κ3) is 3.54. The largest absolute Gasteiger partial charge is 0.446 e. The van der Waals surface area contributed by atoms with Crippen LogP contribution in [-0.2, 0) is 10.4 Å². The molecule has 112 valence electrons. The second-order valence-corrected chi connectivity index (χ2v) is 6.43. The Morgan fingerprint density at radius 1 is 0.773 bits per heavy atom. The molecule has 6 heteroatoms. The Bertz CT molecular complexity index is 850. The topological polar surface area (TPSA) is 63.6 Å². The summed E-state index contributed by atoms with van der Waals surface area (Å²) in [6, 6.07) is 16.6. The Hall–Kier alpha value is -2.15. The first-order valence-electron chi connectivity index (χ1n) is 6.41. The molecule has 3 aromatic rings. The maximum atomic E-state index is 10.6. The molecule has 3 rings (SSSR count). The van der Waals surface area contributed by atoms with Crippen LogP contribution in [0.1, 0.15) is 0 Å². The summed E-state index contributed by atoms with van der Waals surface area (Å²) in [7, 11) is -4.48. The normalized spacial score (nSPS) is 11.3. The van der Waals surface area contributed by atoms with Crippen LogP contribution in [-0.4, -0.2) is 13.0 Å². The molecular weight excluding hydrogens is 320 g/mol. The molecule has 0 fully saturated rings. The number of thiophene rings is 1. The Balaban J connectivity index is 1.82. The maximum absolute atomic E-state index is 10.6. The first-order chi connectivity index (χ1) is 10.5. The highest BCUT2D eigenvalue weighted by molar-refractivity contribution is 7.81. The van der Waals surface area contributed by atoms with Gasteiger partial charge in [0, 0.05) is 0 Å². The lowest BCUT2D eigenvalue weighted by Crippen LogP contribution is -2.06. The highest BCUT2D eigenvalue weighted by Crippen LogP contribution is 2.27. The van der Waals surface area contributed by atoms with Crippen molar-refractivity contribution in [3.8, 4) is 28.0 Å². The highest BCUT2D eigenvalue weighted by atomic mass is 32.3. The van der Waals surface area contributed by atoms with Crippen LogP contribution < -0.4 is 4.18 Å². The van der Waals surface area contributed by atoms with Gasteiger partial charge in [-0.05, 0) is 51.2 Å². The van der Waals surface area contributed by atoms with Crippen molar-refractivity contribution in [2.75, 3.05) is 0 Å². The molecule has 0 radical (unpaired) electrons. The van der Waals surface area contributed by atoms with Gasteiger partial charge in [0.05, 0.1) is 0 Å². The molecule has 0 saturated heterocycles. The first-order valence-corrected chi connectivity index (χ1v) is 8.72. The van der Waals surface area contributed by atoms with Gasteiger partial charge in [0.25, 0.3) is 0 Å². The number of hydrogen-bond acceptors (Lipinski definition) is 4. The van der Waals surface area contributed by atoms with E-state index in [0.29, 0.717) is 0 Å². The third-order valence-corrected chi connectivity index (χ3v) is 4.21. The van der Waals surface area contributed by atoms with Gasteiger partial charge in [-0.3, -0.25) is 4.55 Å². The van der Waals surface area contributed by atoms with Crippen molar-refractivity contribution in [3.05, 3.63) is 65.4 Å². The van der Waals surface area contributed by atoms with E-state index in [0.717, 1.165) is 16.7 Å². The molecule has 1 heterocycles. The van der Waals surface area contributed by atoms with Gasteiger partial charge in [-0.1, -0.05) is 36.4 Å². The summed E-state index contributed by atoms with van der Waals surface area (Å²) in [5.41, 5.74) is 4.28. The molecular formula is C16H12O4S2. The van der Waals surface area contributed by atoms with Crippen LogP contribution in [0, 0.1) is 0 Å². The van der Waals surface area contributed by atoms with Crippen LogP contribution in [0.4, 0.5) is 0 Å². The highest BCUT2D eigenvalue weighted by Gasteiger charge is 2.07. The summed E-state index contributed by atoms with van der Waals surface area (Å²) in [6.45, 7) is 0. The number of benzene rings is 2. The summed E-state index contributed by atoms with van der Waals surface area (Å²) >= 11 is 1.66. The SMILES string of the molecule is O=S(=O)(O)Oc1ccc(-c2ccc(-c3ccsc3)cc2)cc1. The summed E-state index contributed by atoms with van der Waals surface area (Å²) in [5.74, 6) is 0.0705. The summed E-state index contributed by atoms with van der Waals surface area (Å²) in [4.78, 5) is 0. The van der Waals surface area contributed by atoms with Crippen molar-refractivity contribution >= 4 is 21.7 Å². The summed E-state index contributed by atoms with van der Waals surface area (Å²) in [6.07, 6.45) is 0. The van der Waals surface area contributed by atoms with Gasteiger partial charge < -0.3 is 4.18 Å². The van der Waals surface area contributed by atoms with E-state index >= 15 is 0 Å². The zero-order valence-corrected chi connectivity index (χ0v) is 13.0. The molecule has 0 spiro atoms. The predicted molar refractivity (Wildman–Crippen MR) is 87.4 cm³/mol. The van der Waals surface area contributed by atoms with Gasteiger partial charge in [0.2, 0.25) is 0 Å². The number of hydrogen-bond donors (Lipinski definition) is 1. The van der Waals surface area contributed by atoms with Crippen molar-refractivity contribution < 1.29 is 17.2 Å². The second-order valence-electron chi connectivity index (χ2n) is 4.62. The minimum Gasteiger partial charge on any atom is -0.362 e. The van der Waals surface area contributed by atoms with E-state index < -0.39 is 10.4 Å². The minimum absolute atomic E-state index is 0.0705. The molecule has 0 aliphatic rings. The maximum Gasteiger partial charge on any atom is 0.446 e. The molecule has 0 aliphatic heterocycles. The zero-order valence-electron chi connectivity index (χ0n) is 11.3. The van der Waals surface area contributed by atoms with Gasteiger partial charge in [-0.25, -0.2) is 0 Å². The van der Waals surface area contributed by atoms with E-state index in [-0.39, 0.29) is 5.75 Å². The smallest absolute Gasteiger partial charge is 0.362 e. The molecule has 0 bridgehead atoms. The lowest BCUT2D eigenvalue weighted by atomic mass is 10.0. The third-order valence-electron chi connectivity index (χ3n) is 3.13. The fraction of sp³-hybridized carbons (Fsp3) is 0. The van der Waals surface area contributed by atoms with Gasteiger partial charge in [0.15, 0.2) is 0 Å². The second kappa shape index (κ2) is 5.92. The molecule has 1 N–H and O–H groups in total. The molecule has 0 amide bonds. The quantitative estimate of drug-likeness (QED) is 0.725. The van der Waals surface area contributed by atoms with Gasteiger partial charge >= 0.3 is 10.4 Å². The molecule has 1 aromatic heterocycles.